The van der Waals surface area contributed by atoms with E-state index in [1.807, 2.05) is 0 Å². The van der Waals surface area contributed by atoms with Crippen LogP contribution in [0.15, 0.2) is 30.6 Å². The number of hydrogen-bond donors (Lipinski definition) is 1. The molecule has 128 valence electrons. The average molecular weight is 379 g/mol. The minimum atomic E-state index is -0.550. The molecule has 3 aromatic rings. The number of aromatic nitrogens is 4. The molecule has 3 rings (SSSR count). The van der Waals surface area contributed by atoms with Crippen LogP contribution in [0.2, 0.25) is 10.0 Å². The zero-order chi connectivity index (χ0) is 18.1. The molecule has 10 heteroatoms. The lowest BCUT2D eigenvalue weighted by atomic mass is 10.3. The second-order valence-corrected chi connectivity index (χ2v) is 6.06. The molecule has 0 aliphatic heterocycles. The second-order valence-electron chi connectivity index (χ2n) is 5.24. The third-order valence-electron chi connectivity index (χ3n) is 3.38. The van der Waals surface area contributed by atoms with Gasteiger partial charge in [0.2, 0.25) is 11.6 Å². The van der Waals surface area contributed by atoms with Crippen LogP contribution in [0.25, 0.3) is 5.82 Å². The van der Waals surface area contributed by atoms with Crippen LogP contribution < -0.4 is 5.32 Å². The summed E-state index contributed by atoms with van der Waals surface area (Å²) >= 11 is 11.9. The van der Waals surface area contributed by atoms with Crippen LogP contribution >= 0.6 is 23.2 Å². The van der Waals surface area contributed by atoms with Gasteiger partial charge < -0.3 is 5.32 Å². The normalized spacial score (nSPS) is 10.7. The average Bonchev–Trinajstić information content (AvgIpc) is 2.89. The Morgan fingerprint density at radius 3 is 2.52 bits per heavy atom. The van der Waals surface area contributed by atoms with E-state index in [0.29, 0.717) is 15.7 Å². The third-order valence-corrected chi connectivity index (χ3v) is 4.12. The quantitative estimate of drug-likeness (QED) is 0.538. The van der Waals surface area contributed by atoms with Crippen molar-refractivity contribution in [1.29, 1.82) is 0 Å². The molecule has 0 bridgehead atoms. The van der Waals surface area contributed by atoms with Gasteiger partial charge in [-0.2, -0.15) is 5.10 Å². The number of aryl methyl sites for hydroxylation is 2. The maximum absolute atomic E-state index is 11.6. The lowest BCUT2D eigenvalue weighted by Gasteiger charge is -2.10. The summed E-state index contributed by atoms with van der Waals surface area (Å²) in [5.41, 5.74) is 1.67. The lowest BCUT2D eigenvalue weighted by molar-refractivity contribution is -0.384. The van der Waals surface area contributed by atoms with Crippen molar-refractivity contribution in [2.45, 2.75) is 13.8 Å². The zero-order valence-corrected chi connectivity index (χ0v) is 14.7. The molecular weight excluding hydrogens is 367 g/mol. The molecule has 0 atom stereocenters. The number of hydrogen-bond acceptors (Lipinski definition) is 6. The molecule has 0 amide bonds. The number of nitrogens with one attached hydrogen (secondary N) is 1. The van der Waals surface area contributed by atoms with E-state index in [2.05, 4.69) is 20.4 Å². The summed E-state index contributed by atoms with van der Waals surface area (Å²) in [6.45, 7) is 3.59. The summed E-state index contributed by atoms with van der Waals surface area (Å²) in [6, 6.07) is 6.58. The first-order valence-electron chi connectivity index (χ1n) is 7.12. The summed E-state index contributed by atoms with van der Waals surface area (Å²) < 4.78 is 1.41. The van der Waals surface area contributed by atoms with Crippen LogP contribution in [0.1, 0.15) is 11.4 Å². The van der Waals surface area contributed by atoms with Gasteiger partial charge >= 0.3 is 5.69 Å². The van der Waals surface area contributed by atoms with E-state index in [4.69, 9.17) is 23.2 Å². The largest absolute Gasteiger partial charge is 0.355 e. The van der Waals surface area contributed by atoms with E-state index >= 15 is 0 Å². The van der Waals surface area contributed by atoms with Crippen LogP contribution in [0.5, 0.6) is 0 Å². The summed E-state index contributed by atoms with van der Waals surface area (Å²) in [6.07, 6.45) is 1.23. The molecule has 0 saturated carbocycles. The van der Waals surface area contributed by atoms with Crippen LogP contribution in [0, 0.1) is 24.0 Å². The smallest absolute Gasteiger partial charge is 0.334 e. The molecule has 2 heterocycles. The maximum atomic E-state index is 11.6. The molecule has 0 saturated heterocycles. The number of halogens is 2. The maximum Gasteiger partial charge on any atom is 0.355 e. The Labute approximate surface area is 152 Å². The SMILES string of the molecule is Cc1cc(C)n(-c2ncnc(Nc3ccc(Cl)c(Cl)c3)c2[N+](=O)[O-])n1. The van der Waals surface area contributed by atoms with E-state index in [-0.39, 0.29) is 17.3 Å². The highest BCUT2D eigenvalue weighted by Gasteiger charge is 2.26. The molecule has 0 spiro atoms. The van der Waals surface area contributed by atoms with Crippen molar-refractivity contribution in [2.75, 3.05) is 5.32 Å². The zero-order valence-electron chi connectivity index (χ0n) is 13.2. The van der Waals surface area contributed by atoms with Gasteiger partial charge in [0, 0.05) is 11.4 Å². The Kier molecular flexibility index (Phi) is 4.56. The van der Waals surface area contributed by atoms with E-state index < -0.39 is 4.92 Å². The molecule has 25 heavy (non-hydrogen) atoms. The summed E-state index contributed by atoms with van der Waals surface area (Å²) in [5, 5.41) is 19.5. The first kappa shape index (κ1) is 17.1. The molecule has 8 nitrogen and oxygen atoms in total. The molecule has 1 N–H and O–H groups in total. The minimum Gasteiger partial charge on any atom is -0.334 e. The fourth-order valence-electron chi connectivity index (χ4n) is 2.34. The Hall–Kier alpha value is -2.71. The van der Waals surface area contributed by atoms with Gasteiger partial charge in [0.15, 0.2) is 0 Å². The summed E-state index contributed by atoms with van der Waals surface area (Å²) in [4.78, 5) is 19.1. The van der Waals surface area contributed by atoms with Gasteiger partial charge in [-0.3, -0.25) is 10.1 Å². The van der Waals surface area contributed by atoms with E-state index in [0.717, 1.165) is 11.4 Å². The van der Waals surface area contributed by atoms with Crippen molar-refractivity contribution in [3.05, 3.63) is 62.1 Å². The molecule has 2 aromatic heterocycles. The van der Waals surface area contributed by atoms with Crippen molar-refractivity contribution in [1.82, 2.24) is 19.7 Å². The van der Waals surface area contributed by atoms with Crippen molar-refractivity contribution in [3.63, 3.8) is 0 Å². The summed E-state index contributed by atoms with van der Waals surface area (Å²) in [7, 11) is 0. The number of nitro groups is 1. The van der Waals surface area contributed by atoms with E-state index in [9.17, 15) is 10.1 Å². The standard InChI is InChI=1S/C15H12Cl2N6O2/c1-8-5-9(2)22(21-8)15-13(23(24)25)14(18-7-19-15)20-10-3-4-11(16)12(17)6-10/h3-7H,1-2H3,(H,18,19,20). The van der Waals surface area contributed by atoms with Crippen LogP contribution in [-0.4, -0.2) is 24.7 Å². The fourth-order valence-corrected chi connectivity index (χ4v) is 2.64. The highest BCUT2D eigenvalue weighted by Crippen LogP contribution is 2.32. The number of nitrogens with zero attached hydrogens (tertiary/aromatic N) is 5. The molecule has 0 radical (unpaired) electrons. The first-order valence-corrected chi connectivity index (χ1v) is 7.87. The Morgan fingerprint density at radius 1 is 1.16 bits per heavy atom. The van der Waals surface area contributed by atoms with Crippen molar-refractivity contribution in [3.8, 4) is 5.82 Å². The second kappa shape index (κ2) is 6.66. The number of anilines is 2. The van der Waals surface area contributed by atoms with Gasteiger partial charge in [0.1, 0.15) is 6.33 Å². The molecule has 0 aliphatic rings. The Bertz CT molecular complexity index is 973. The predicted molar refractivity (Wildman–Crippen MR) is 95.0 cm³/mol. The number of rotatable bonds is 4. The highest BCUT2D eigenvalue weighted by molar-refractivity contribution is 6.42. The summed E-state index contributed by atoms with van der Waals surface area (Å²) in [5.74, 6) is 0.106. The van der Waals surface area contributed by atoms with Crippen LogP contribution in [0.4, 0.5) is 17.2 Å². The van der Waals surface area contributed by atoms with Gasteiger partial charge in [0.05, 0.1) is 20.7 Å². The van der Waals surface area contributed by atoms with Crippen LogP contribution in [-0.2, 0) is 0 Å². The molecule has 0 aliphatic carbocycles. The topological polar surface area (TPSA) is 98.8 Å². The molecule has 1 aromatic carbocycles. The number of benzene rings is 1. The van der Waals surface area contributed by atoms with Crippen molar-refractivity contribution < 1.29 is 4.92 Å². The monoisotopic (exact) mass is 378 g/mol. The highest BCUT2D eigenvalue weighted by atomic mass is 35.5. The van der Waals surface area contributed by atoms with Gasteiger partial charge in [-0.25, -0.2) is 14.6 Å². The Balaban J connectivity index is 2.11. The lowest BCUT2D eigenvalue weighted by Crippen LogP contribution is -2.09. The van der Waals surface area contributed by atoms with Gasteiger partial charge in [0.25, 0.3) is 0 Å². The predicted octanol–water partition coefficient (Wildman–Crippen LogP) is 4.24. The van der Waals surface area contributed by atoms with Crippen LogP contribution in [0.3, 0.4) is 0 Å². The third kappa shape index (κ3) is 3.40. The van der Waals surface area contributed by atoms with E-state index in [1.165, 1.54) is 11.0 Å². The minimum absolute atomic E-state index is 0.0287. The van der Waals surface area contributed by atoms with Crippen molar-refractivity contribution in [2.24, 2.45) is 0 Å². The van der Waals surface area contributed by atoms with Gasteiger partial charge in [-0.15, -0.1) is 0 Å². The molecular formula is C15H12Cl2N6O2. The Morgan fingerprint density at radius 2 is 1.92 bits per heavy atom. The van der Waals surface area contributed by atoms with Gasteiger partial charge in [-0.05, 0) is 38.1 Å². The first-order chi connectivity index (χ1) is 11.9. The van der Waals surface area contributed by atoms with E-state index in [1.54, 1.807) is 38.1 Å². The molecule has 0 unspecified atom stereocenters. The molecule has 0 fully saturated rings. The van der Waals surface area contributed by atoms with Crippen molar-refractivity contribution >= 4 is 40.4 Å². The fraction of sp³-hybridized carbons (Fsp3) is 0.133. The van der Waals surface area contributed by atoms with Gasteiger partial charge in [-0.1, -0.05) is 23.2 Å².